The van der Waals surface area contributed by atoms with Crippen molar-refractivity contribution in [2.75, 3.05) is 5.01 Å². The molecule has 2 rings (SSSR count). The van der Waals surface area contributed by atoms with Gasteiger partial charge in [0.2, 0.25) is 0 Å². The lowest BCUT2D eigenvalue weighted by Gasteiger charge is -2.15. The molecule has 0 unspecified atom stereocenters. The van der Waals surface area contributed by atoms with Gasteiger partial charge in [-0.25, -0.2) is 5.84 Å². The summed E-state index contributed by atoms with van der Waals surface area (Å²) in [6, 6.07) is 7.75. The second-order valence-corrected chi connectivity index (χ2v) is 2.72. The number of hydrogen-bond acceptors (Lipinski definition) is 3. The van der Waals surface area contributed by atoms with Crippen molar-refractivity contribution in [2.45, 2.75) is 12.6 Å². The monoisotopic (exact) mass is 150 g/mol. The molecule has 0 aliphatic carbocycles. The standard InChI is InChI=1S/C8H10N2O/c9-10-7-4-2-1-3-6(7)5-8(10)11/h1-4,8,11H,5,9H2/t8-/m0/s1. The fourth-order valence-corrected chi connectivity index (χ4v) is 1.39. The third-order valence-corrected chi connectivity index (χ3v) is 1.99. The van der Waals surface area contributed by atoms with Crippen LogP contribution in [-0.4, -0.2) is 11.3 Å². The molecule has 3 nitrogen and oxygen atoms in total. The molecule has 0 saturated heterocycles. The van der Waals surface area contributed by atoms with Crippen molar-refractivity contribution in [1.82, 2.24) is 0 Å². The quantitative estimate of drug-likeness (QED) is 0.521. The van der Waals surface area contributed by atoms with Gasteiger partial charge in [0.1, 0.15) is 6.23 Å². The van der Waals surface area contributed by atoms with Crippen LogP contribution in [0, 0.1) is 0 Å². The highest BCUT2D eigenvalue weighted by Gasteiger charge is 2.23. The molecule has 3 N–H and O–H groups in total. The van der Waals surface area contributed by atoms with Gasteiger partial charge in [0.15, 0.2) is 0 Å². The Morgan fingerprint density at radius 1 is 1.45 bits per heavy atom. The molecule has 0 fully saturated rings. The van der Waals surface area contributed by atoms with Crippen LogP contribution in [0.2, 0.25) is 0 Å². The van der Waals surface area contributed by atoms with Crippen LogP contribution in [0.25, 0.3) is 0 Å². The van der Waals surface area contributed by atoms with Gasteiger partial charge in [-0.2, -0.15) is 0 Å². The summed E-state index contributed by atoms with van der Waals surface area (Å²) < 4.78 is 0. The van der Waals surface area contributed by atoms with Gasteiger partial charge >= 0.3 is 0 Å². The van der Waals surface area contributed by atoms with Gasteiger partial charge in [-0.3, -0.25) is 5.01 Å². The number of anilines is 1. The Bertz CT molecular complexity index is 275. The Morgan fingerprint density at radius 3 is 2.91 bits per heavy atom. The predicted molar refractivity (Wildman–Crippen MR) is 42.8 cm³/mol. The van der Waals surface area contributed by atoms with Gasteiger partial charge < -0.3 is 5.11 Å². The van der Waals surface area contributed by atoms with E-state index in [1.54, 1.807) is 0 Å². The average molecular weight is 150 g/mol. The Balaban J connectivity index is 2.47. The van der Waals surface area contributed by atoms with Crippen LogP contribution >= 0.6 is 0 Å². The summed E-state index contributed by atoms with van der Waals surface area (Å²) >= 11 is 0. The first-order valence-corrected chi connectivity index (χ1v) is 3.59. The Labute approximate surface area is 65.0 Å². The highest BCUT2D eigenvalue weighted by atomic mass is 16.3. The molecule has 1 heterocycles. The Morgan fingerprint density at radius 2 is 2.18 bits per heavy atom. The smallest absolute Gasteiger partial charge is 0.144 e. The van der Waals surface area contributed by atoms with E-state index >= 15 is 0 Å². The van der Waals surface area contributed by atoms with Crippen LogP contribution < -0.4 is 10.9 Å². The molecule has 0 radical (unpaired) electrons. The van der Waals surface area contributed by atoms with Crippen LogP contribution in [0.15, 0.2) is 24.3 Å². The minimum absolute atomic E-state index is 0.549. The number of rotatable bonds is 0. The molecule has 1 aromatic rings. The molecule has 0 bridgehead atoms. The normalized spacial score (nSPS) is 22.0. The van der Waals surface area contributed by atoms with Crippen molar-refractivity contribution in [2.24, 2.45) is 5.84 Å². The summed E-state index contributed by atoms with van der Waals surface area (Å²) in [4.78, 5) is 0. The first kappa shape index (κ1) is 6.64. The van der Waals surface area contributed by atoms with Crippen molar-refractivity contribution < 1.29 is 5.11 Å². The minimum atomic E-state index is -0.549. The zero-order valence-corrected chi connectivity index (χ0v) is 6.07. The summed E-state index contributed by atoms with van der Waals surface area (Å²) in [6.07, 6.45) is 0.0829. The maximum Gasteiger partial charge on any atom is 0.144 e. The average Bonchev–Trinajstić information content (AvgIpc) is 2.30. The molecule has 0 amide bonds. The predicted octanol–water partition coefficient (Wildman–Crippen LogP) is 0.241. The van der Waals surface area contributed by atoms with E-state index in [2.05, 4.69) is 0 Å². The topological polar surface area (TPSA) is 49.5 Å². The van der Waals surface area contributed by atoms with E-state index < -0.39 is 6.23 Å². The maximum atomic E-state index is 9.32. The second kappa shape index (κ2) is 2.22. The van der Waals surface area contributed by atoms with E-state index in [1.165, 1.54) is 5.01 Å². The third kappa shape index (κ3) is 0.895. The third-order valence-electron chi connectivity index (χ3n) is 1.99. The molecule has 1 atom stereocenters. The number of fused-ring (bicyclic) bond motifs is 1. The van der Waals surface area contributed by atoms with Crippen molar-refractivity contribution in [3.63, 3.8) is 0 Å². The molecule has 58 valence electrons. The van der Waals surface area contributed by atoms with Crippen LogP contribution in [-0.2, 0) is 6.42 Å². The van der Waals surface area contributed by atoms with Gasteiger partial charge in [0, 0.05) is 6.42 Å². The van der Waals surface area contributed by atoms with Gasteiger partial charge in [-0.1, -0.05) is 18.2 Å². The van der Waals surface area contributed by atoms with Crippen molar-refractivity contribution >= 4 is 5.69 Å². The van der Waals surface area contributed by atoms with E-state index in [-0.39, 0.29) is 0 Å². The summed E-state index contributed by atoms with van der Waals surface area (Å²) in [7, 11) is 0. The summed E-state index contributed by atoms with van der Waals surface area (Å²) in [6.45, 7) is 0. The molecule has 0 saturated carbocycles. The van der Waals surface area contributed by atoms with E-state index in [1.807, 2.05) is 24.3 Å². The number of hydrogen-bond donors (Lipinski definition) is 2. The van der Waals surface area contributed by atoms with Crippen molar-refractivity contribution in [3.8, 4) is 0 Å². The zero-order chi connectivity index (χ0) is 7.84. The van der Waals surface area contributed by atoms with Crippen LogP contribution in [0.3, 0.4) is 0 Å². The van der Waals surface area contributed by atoms with Crippen molar-refractivity contribution in [1.29, 1.82) is 0 Å². The SMILES string of the molecule is NN1c2ccccc2C[C@@H]1O. The first-order valence-electron chi connectivity index (χ1n) is 3.59. The molecule has 3 heteroatoms. The summed E-state index contributed by atoms with van der Waals surface area (Å²) in [5.74, 6) is 5.57. The lowest BCUT2D eigenvalue weighted by Crippen LogP contribution is -2.37. The minimum Gasteiger partial charge on any atom is -0.372 e. The molecule has 1 aromatic carbocycles. The van der Waals surface area contributed by atoms with Crippen LogP contribution in [0.5, 0.6) is 0 Å². The number of para-hydroxylation sites is 1. The molecule has 11 heavy (non-hydrogen) atoms. The van der Waals surface area contributed by atoms with E-state index in [4.69, 9.17) is 5.84 Å². The van der Waals surface area contributed by atoms with E-state index in [0.717, 1.165) is 11.3 Å². The summed E-state index contributed by atoms with van der Waals surface area (Å²) in [5.41, 5.74) is 2.04. The molecule has 0 aromatic heterocycles. The van der Waals surface area contributed by atoms with E-state index in [9.17, 15) is 5.11 Å². The first-order chi connectivity index (χ1) is 5.29. The highest BCUT2D eigenvalue weighted by molar-refractivity contribution is 5.57. The van der Waals surface area contributed by atoms with Gasteiger partial charge in [0.05, 0.1) is 5.69 Å². The number of hydrazine groups is 1. The molecule has 1 aliphatic rings. The maximum absolute atomic E-state index is 9.32. The van der Waals surface area contributed by atoms with Gasteiger partial charge in [-0.05, 0) is 11.6 Å². The van der Waals surface area contributed by atoms with Crippen LogP contribution in [0.1, 0.15) is 5.56 Å². The molecule has 0 spiro atoms. The lowest BCUT2D eigenvalue weighted by molar-refractivity contribution is 0.179. The molecule has 1 aliphatic heterocycles. The number of benzene rings is 1. The van der Waals surface area contributed by atoms with Gasteiger partial charge in [0.25, 0.3) is 0 Å². The number of aliphatic hydroxyl groups is 1. The summed E-state index contributed by atoms with van der Waals surface area (Å²) in [5, 5.41) is 10.7. The molecular weight excluding hydrogens is 140 g/mol. The van der Waals surface area contributed by atoms with E-state index in [0.29, 0.717) is 6.42 Å². The Hall–Kier alpha value is -1.06. The largest absolute Gasteiger partial charge is 0.372 e. The van der Waals surface area contributed by atoms with Crippen LogP contribution in [0.4, 0.5) is 5.69 Å². The molecular formula is C8H10N2O. The Kier molecular flexibility index (Phi) is 1.34. The number of nitrogens with zero attached hydrogens (tertiary/aromatic N) is 1. The van der Waals surface area contributed by atoms with Gasteiger partial charge in [-0.15, -0.1) is 0 Å². The zero-order valence-electron chi connectivity index (χ0n) is 6.07. The second-order valence-electron chi connectivity index (χ2n) is 2.72. The highest BCUT2D eigenvalue weighted by Crippen LogP contribution is 2.27. The fourth-order valence-electron chi connectivity index (χ4n) is 1.39. The number of aliphatic hydroxyl groups excluding tert-OH is 1. The lowest BCUT2D eigenvalue weighted by atomic mass is 10.2. The number of nitrogens with two attached hydrogens (primary N) is 1. The van der Waals surface area contributed by atoms with Crippen molar-refractivity contribution in [3.05, 3.63) is 29.8 Å². The fraction of sp³-hybridized carbons (Fsp3) is 0.250.